The van der Waals surface area contributed by atoms with Crippen molar-refractivity contribution in [2.45, 2.75) is 17.8 Å². The molecule has 9 heteroatoms. The number of rotatable bonds is 1. The van der Waals surface area contributed by atoms with Gasteiger partial charge in [0.1, 0.15) is 17.0 Å². The molecule has 0 unspecified atom stereocenters. The summed E-state index contributed by atoms with van der Waals surface area (Å²) in [5.41, 5.74) is 0.578. The van der Waals surface area contributed by atoms with E-state index in [-0.39, 0.29) is 4.80 Å². The van der Waals surface area contributed by atoms with Gasteiger partial charge in [0.05, 0.1) is 11.2 Å². The Kier molecular flexibility index (Phi) is 2.80. The largest absolute Gasteiger partial charge is 0.611 e. The maximum Gasteiger partial charge on any atom is 0.573 e. The maximum absolute atomic E-state index is 12.2. The second-order valence-electron chi connectivity index (χ2n) is 3.92. The zero-order chi connectivity index (χ0) is 13.8. The van der Waals surface area contributed by atoms with Crippen LogP contribution in [0.15, 0.2) is 17.0 Å². The lowest BCUT2D eigenvalue weighted by Crippen LogP contribution is -2.25. The molecule has 0 bridgehead atoms. The van der Waals surface area contributed by atoms with Crippen LogP contribution in [-0.2, 0) is 17.7 Å². The molecule has 19 heavy (non-hydrogen) atoms. The third-order valence-corrected chi connectivity index (χ3v) is 5.01. The predicted molar refractivity (Wildman–Crippen MR) is 63.6 cm³/mol. The lowest BCUT2D eigenvalue weighted by molar-refractivity contribution is -0.274. The second-order valence-corrected chi connectivity index (χ2v) is 6.49. The summed E-state index contributed by atoms with van der Waals surface area (Å²) in [6.45, 7) is 0.442. The van der Waals surface area contributed by atoms with Crippen LogP contribution in [0.4, 0.5) is 13.2 Å². The highest BCUT2D eigenvalue weighted by molar-refractivity contribution is 7.91. The number of hydrogen-bond donors (Lipinski definition) is 1. The normalized spacial score (nSPS) is 18.8. The molecule has 1 aromatic heterocycles. The van der Waals surface area contributed by atoms with Crippen molar-refractivity contribution in [3.63, 3.8) is 0 Å². The fourth-order valence-corrected chi connectivity index (χ4v) is 4.34. The van der Waals surface area contributed by atoms with E-state index >= 15 is 0 Å². The number of benzene rings is 1. The Balaban J connectivity index is 2.23. The van der Waals surface area contributed by atoms with Crippen molar-refractivity contribution in [3.05, 3.63) is 16.9 Å². The van der Waals surface area contributed by atoms with Gasteiger partial charge in [0.2, 0.25) is 0 Å². The van der Waals surface area contributed by atoms with Gasteiger partial charge in [0.15, 0.2) is 9.70 Å². The summed E-state index contributed by atoms with van der Waals surface area (Å²) in [6, 6.07) is 2.38. The molecule has 0 fully saturated rings. The minimum atomic E-state index is -4.78. The molecule has 2 heterocycles. The number of alkyl halides is 3. The van der Waals surface area contributed by atoms with E-state index in [0.29, 0.717) is 27.4 Å². The van der Waals surface area contributed by atoms with E-state index in [1.807, 2.05) is 0 Å². The standard InChI is InChI=1S/C10H7F3N2O2S2/c11-10(12,13)17-5-3-6-8-7(4-5)19(16)2-1-15(8)9(14)18-6/h3-4,14H,1-2H2/t19-/m1/s1. The molecule has 0 saturated carbocycles. The molecule has 0 radical (unpaired) electrons. The highest BCUT2D eigenvalue weighted by Gasteiger charge is 2.33. The van der Waals surface area contributed by atoms with Crippen molar-refractivity contribution in [2.24, 2.45) is 0 Å². The average molecular weight is 308 g/mol. The fraction of sp³-hybridized carbons (Fsp3) is 0.300. The topological polar surface area (TPSA) is 61.1 Å². The van der Waals surface area contributed by atoms with Crippen LogP contribution in [0.3, 0.4) is 0 Å². The van der Waals surface area contributed by atoms with Gasteiger partial charge in [-0.15, -0.1) is 13.2 Å². The van der Waals surface area contributed by atoms with Crippen LogP contribution >= 0.6 is 11.3 Å². The molecule has 0 spiro atoms. The van der Waals surface area contributed by atoms with Crippen LogP contribution in [0.1, 0.15) is 0 Å². The molecule has 102 valence electrons. The van der Waals surface area contributed by atoms with Gasteiger partial charge in [-0.2, -0.15) is 0 Å². The number of aromatic nitrogens is 1. The lowest BCUT2D eigenvalue weighted by Gasteiger charge is -2.19. The van der Waals surface area contributed by atoms with Crippen LogP contribution < -0.4 is 9.54 Å². The highest BCUT2D eigenvalue weighted by Crippen LogP contribution is 2.35. The average Bonchev–Trinajstić information content (AvgIpc) is 2.58. The molecule has 1 aromatic carbocycles. The Morgan fingerprint density at radius 1 is 1.42 bits per heavy atom. The van der Waals surface area contributed by atoms with Crippen LogP contribution in [0.2, 0.25) is 0 Å². The van der Waals surface area contributed by atoms with E-state index in [9.17, 15) is 17.7 Å². The molecule has 4 nitrogen and oxygen atoms in total. The number of nitrogens with one attached hydrogen (secondary N) is 1. The summed E-state index contributed by atoms with van der Waals surface area (Å²) in [6.07, 6.45) is -4.78. The summed E-state index contributed by atoms with van der Waals surface area (Å²) < 4.78 is 54.6. The number of halogens is 3. The number of nitrogens with zero attached hydrogens (tertiary/aromatic N) is 1. The Hall–Kier alpha value is -1.19. The third-order valence-electron chi connectivity index (χ3n) is 2.71. The monoisotopic (exact) mass is 308 g/mol. The molecule has 2 aromatic rings. The first-order chi connectivity index (χ1) is 8.85. The van der Waals surface area contributed by atoms with Gasteiger partial charge in [-0.25, -0.2) is 0 Å². The van der Waals surface area contributed by atoms with Gasteiger partial charge in [-0.1, -0.05) is 11.3 Å². The molecule has 0 saturated heterocycles. The van der Waals surface area contributed by atoms with Crippen LogP contribution in [-0.4, -0.2) is 21.2 Å². The molecule has 3 rings (SSSR count). The van der Waals surface area contributed by atoms with Crippen molar-refractivity contribution >= 4 is 32.7 Å². The van der Waals surface area contributed by atoms with E-state index < -0.39 is 23.3 Å². The van der Waals surface area contributed by atoms with E-state index in [4.69, 9.17) is 5.41 Å². The van der Waals surface area contributed by atoms with E-state index in [1.165, 1.54) is 6.07 Å². The van der Waals surface area contributed by atoms with Gasteiger partial charge >= 0.3 is 6.36 Å². The third kappa shape index (κ3) is 2.21. The maximum atomic E-state index is 12.2. The SMILES string of the molecule is N=c1sc2cc(OC(F)(F)F)cc3c2n1CC[S@@+]3[O-]. The fourth-order valence-electron chi connectivity index (χ4n) is 2.03. The summed E-state index contributed by atoms with van der Waals surface area (Å²) in [4.78, 5) is 0.537. The number of hydrogen-bond acceptors (Lipinski definition) is 4. The Morgan fingerprint density at radius 2 is 2.16 bits per heavy atom. The van der Waals surface area contributed by atoms with Crippen molar-refractivity contribution in [1.29, 1.82) is 5.41 Å². The Morgan fingerprint density at radius 3 is 2.84 bits per heavy atom. The van der Waals surface area contributed by atoms with Crippen molar-refractivity contribution < 1.29 is 22.5 Å². The molecule has 0 amide bonds. The Labute approximate surface area is 112 Å². The first kappa shape index (κ1) is 12.8. The molecule has 1 N–H and O–H groups in total. The van der Waals surface area contributed by atoms with Crippen molar-refractivity contribution in [3.8, 4) is 5.75 Å². The number of ether oxygens (including phenoxy) is 1. The zero-order valence-electron chi connectivity index (χ0n) is 9.28. The number of thiazole rings is 1. The molecule has 1 aliphatic heterocycles. The molecular weight excluding hydrogens is 301 g/mol. The van der Waals surface area contributed by atoms with Gasteiger partial charge in [0.25, 0.3) is 0 Å². The molecule has 0 aliphatic carbocycles. The predicted octanol–water partition coefficient (Wildman–Crippen LogP) is 2.20. The minimum absolute atomic E-state index is 0.233. The van der Waals surface area contributed by atoms with Crippen LogP contribution in [0, 0.1) is 5.41 Å². The highest BCUT2D eigenvalue weighted by atomic mass is 32.2. The zero-order valence-corrected chi connectivity index (χ0v) is 10.9. The summed E-state index contributed by atoms with van der Waals surface area (Å²) in [5, 5.41) is 7.77. The summed E-state index contributed by atoms with van der Waals surface area (Å²) in [5.74, 6) is -0.0937. The van der Waals surface area contributed by atoms with Gasteiger partial charge in [0, 0.05) is 12.1 Å². The van der Waals surface area contributed by atoms with Crippen molar-refractivity contribution in [1.82, 2.24) is 4.57 Å². The van der Waals surface area contributed by atoms with E-state index in [1.54, 1.807) is 4.57 Å². The smallest absolute Gasteiger partial charge is 0.573 e. The number of aryl methyl sites for hydroxylation is 1. The van der Waals surface area contributed by atoms with Gasteiger partial charge in [-0.3, -0.25) is 5.41 Å². The quantitative estimate of drug-likeness (QED) is 0.821. The summed E-state index contributed by atoms with van der Waals surface area (Å²) >= 11 is -0.311. The Bertz CT molecular complexity index is 707. The van der Waals surface area contributed by atoms with E-state index in [2.05, 4.69) is 4.74 Å². The first-order valence-electron chi connectivity index (χ1n) is 5.21. The van der Waals surface area contributed by atoms with Gasteiger partial charge in [-0.05, 0) is 11.2 Å². The molecular formula is C10H7F3N2O2S2. The second kappa shape index (κ2) is 4.15. The molecule has 1 aliphatic rings. The van der Waals surface area contributed by atoms with E-state index in [0.717, 1.165) is 17.4 Å². The molecule has 1 atom stereocenters. The lowest BCUT2D eigenvalue weighted by atomic mass is 10.3. The van der Waals surface area contributed by atoms with Crippen LogP contribution in [0.5, 0.6) is 5.75 Å². The minimum Gasteiger partial charge on any atom is -0.611 e. The first-order valence-corrected chi connectivity index (χ1v) is 7.35. The van der Waals surface area contributed by atoms with Crippen LogP contribution in [0.25, 0.3) is 10.2 Å². The van der Waals surface area contributed by atoms with Gasteiger partial charge < -0.3 is 13.9 Å². The summed E-state index contributed by atoms with van der Waals surface area (Å²) in [7, 11) is 0. The van der Waals surface area contributed by atoms with Crippen molar-refractivity contribution in [2.75, 3.05) is 5.75 Å².